The minimum Gasteiger partial charge on any atom is -0.385 e. The molecule has 2 aromatic rings. The molecule has 1 amide bonds. The number of rotatable bonds is 8. The molecule has 1 atom stereocenters. The number of halogens is 1. The van der Waals surface area contributed by atoms with Crippen LogP contribution in [0.25, 0.3) is 0 Å². The average molecular weight is 399 g/mol. The van der Waals surface area contributed by atoms with Crippen molar-refractivity contribution in [3.05, 3.63) is 35.1 Å². The minimum absolute atomic E-state index is 0.0660. The van der Waals surface area contributed by atoms with Crippen LogP contribution in [0.15, 0.2) is 40.2 Å². The van der Waals surface area contributed by atoms with Crippen LogP contribution < -0.4 is 5.32 Å². The first-order valence-electron chi connectivity index (χ1n) is 7.20. The zero-order valence-corrected chi connectivity index (χ0v) is 15.4. The summed E-state index contributed by atoms with van der Waals surface area (Å²) in [5.41, 5.74) is 0.771. The zero-order valence-electron chi connectivity index (χ0n) is 13.0. The van der Waals surface area contributed by atoms with E-state index in [4.69, 9.17) is 4.74 Å². The Balaban J connectivity index is 1.90. The lowest BCUT2D eigenvalue weighted by Gasteiger charge is -2.12. The van der Waals surface area contributed by atoms with E-state index in [1.54, 1.807) is 13.4 Å². The summed E-state index contributed by atoms with van der Waals surface area (Å²) in [5.74, 6) is -0.0660. The van der Waals surface area contributed by atoms with Crippen molar-refractivity contribution in [3.8, 4) is 0 Å². The number of methoxy groups -OCH3 is 1. The standard InChI is InChI=1S/C15H19BrN4O2S/c1-11(14(21)18-13-6-4-12(16)5-7-13)23-15-19-17-10-20(15)8-3-9-22-2/h4-7,10-11H,3,8-9H2,1-2H3,(H,18,21). The van der Waals surface area contributed by atoms with Crippen LogP contribution in [0.1, 0.15) is 13.3 Å². The van der Waals surface area contributed by atoms with E-state index in [9.17, 15) is 4.79 Å². The summed E-state index contributed by atoms with van der Waals surface area (Å²) in [5, 5.41) is 11.4. The van der Waals surface area contributed by atoms with Gasteiger partial charge in [-0.3, -0.25) is 4.79 Å². The summed E-state index contributed by atoms with van der Waals surface area (Å²) in [6.45, 7) is 3.30. The predicted octanol–water partition coefficient (Wildman–Crippen LogP) is 3.20. The van der Waals surface area contributed by atoms with Gasteiger partial charge in [0.1, 0.15) is 6.33 Å². The number of amides is 1. The van der Waals surface area contributed by atoms with E-state index in [2.05, 4.69) is 31.4 Å². The third-order valence-electron chi connectivity index (χ3n) is 3.09. The van der Waals surface area contributed by atoms with Gasteiger partial charge in [0.05, 0.1) is 5.25 Å². The molecule has 0 bridgehead atoms. The third-order valence-corrected chi connectivity index (χ3v) is 4.71. The van der Waals surface area contributed by atoms with Crippen molar-refractivity contribution in [2.45, 2.75) is 30.3 Å². The van der Waals surface area contributed by atoms with Gasteiger partial charge in [-0.2, -0.15) is 0 Å². The molecule has 1 aromatic carbocycles. The first-order chi connectivity index (χ1) is 11.1. The molecule has 0 fully saturated rings. The van der Waals surface area contributed by atoms with Gasteiger partial charge in [-0.15, -0.1) is 10.2 Å². The average Bonchev–Trinajstić information content (AvgIpc) is 2.97. The number of nitrogens with one attached hydrogen (secondary N) is 1. The van der Waals surface area contributed by atoms with Gasteiger partial charge in [0.15, 0.2) is 5.16 Å². The van der Waals surface area contributed by atoms with E-state index in [-0.39, 0.29) is 11.2 Å². The molecule has 0 aliphatic rings. The van der Waals surface area contributed by atoms with Crippen molar-refractivity contribution in [1.82, 2.24) is 14.8 Å². The first kappa shape index (κ1) is 18.0. The predicted molar refractivity (Wildman–Crippen MR) is 94.6 cm³/mol. The van der Waals surface area contributed by atoms with Crippen LogP contribution in [0.2, 0.25) is 0 Å². The molecular weight excluding hydrogens is 380 g/mol. The van der Waals surface area contributed by atoms with E-state index in [1.165, 1.54) is 11.8 Å². The highest BCUT2D eigenvalue weighted by atomic mass is 79.9. The van der Waals surface area contributed by atoms with Gasteiger partial charge in [0.25, 0.3) is 0 Å². The van der Waals surface area contributed by atoms with Crippen LogP contribution in [0.5, 0.6) is 0 Å². The van der Waals surface area contributed by atoms with Crippen molar-refractivity contribution in [3.63, 3.8) is 0 Å². The van der Waals surface area contributed by atoms with Gasteiger partial charge >= 0.3 is 0 Å². The molecule has 0 aliphatic carbocycles. The molecule has 0 saturated carbocycles. The Hall–Kier alpha value is -1.38. The summed E-state index contributed by atoms with van der Waals surface area (Å²) in [7, 11) is 1.68. The normalized spacial score (nSPS) is 12.1. The van der Waals surface area contributed by atoms with Crippen molar-refractivity contribution in [1.29, 1.82) is 0 Å². The lowest BCUT2D eigenvalue weighted by Crippen LogP contribution is -2.22. The number of hydrogen-bond acceptors (Lipinski definition) is 5. The third kappa shape index (κ3) is 5.63. The second kappa shape index (κ2) is 9.05. The molecular formula is C15H19BrN4O2S. The summed E-state index contributed by atoms with van der Waals surface area (Å²) in [6, 6.07) is 7.49. The SMILES string of the molecule is COCCCn1cnnc1SC(C)C(=O)Nc1ccc(Br)cc1. The molecule has 23 heavy (non-hydrogen) atoms. The van der Waals surface area contributed by atoms with Crippen molar-refractivity contribution in [2.24, 2.45) is 0 Å². The molecule has 0 spiro atoms. The van der Waals surface area contributed by atoms with E-state index < -0.39 is 0 Å². The van der Waals surface area contributed by atoms with Crippen LogP contribution in [-0.4, -0.2) is 39.6 Å². The topological polar surface area (TPSA) is 69.0 Å². The molecule has 0 aliphatic heterocycles. The molecule has 1 unspecified atom stereocenters. The summed E-state index contributed by atoms with van der Waals surface area (Å²) < 4.78 is 7.96. The highest BCUT2D eigenvalue weighted by Crippen LogP contribution is 2.23. The van der Waals surface area contributed by atoms with Crippen molar-refractivity contribution in [2.75, 3.05) is 19.0 Å². The van der Waals surface area contributed by atoms with Crippen LogP contribution in [0, 0.1) is 0 Å². The molecule has 1 N–H and O–H groups in total. The Morgan fingerprint density at radius 2 is 2.17 bits per heavy atom. The van der Waals surface area contributed by atoms with E-state index in [1.807, 2.05) is 35.8 Å². The monoisotopic (exact) mass is 398 g/mol. The van der Waals surface area contributed by atoms with Crippen LogP contribution in [0.3, 0.4) is 0 Å². The summed E-state index contributed by atoms with van der Waals surface area (Å²) in [4.78, 5) is 12.3. The summed E-state index contributed by atoms with van der Waals surface area (Å²) >= 11 is 4.76. The molecule has 2 rings (SSSR count). The highest BCUT2D eigenvalue weighted by Gasteiger charge is 2.18. The Bertz CT molecular complexity index is 633. The van der Waals surface area contributed by atoms with E-state index in [0.717, 1.165) is 28.3 Å². The van der Waals surface area contributed by atoms with Gasteiger partial charge < -0.3 is 14.6 Å². The number of anilines is 1. The Morgan fingerprint density at radius 3 is 2.87 bits per heavy atom. The molecule has 1 heterocycles. The number of nitrogens with zero attached hydrogens (tertiary/aromatic N) is 3. The van der Waals surface area contributed by atoms with Crippen LogP contribution in [0.4, 0.5) is 5.69 Å². The Labute approximate surface area is 148 Å². The molecule has 0 radical (unpaired) electrons. The Morgan fingerprint density at radius 1 is 1.43 bits per heavy atom. The number of carbonyl (C=O) groups excluding carboxylic acids is 1. The fourth-order valence-electron chi connectivity index (χ4n) is 1.86. The number of carbonyl (C=O) groups is 1. The van der Waals surface area contributed by atoms with Crippen molar-refractivity contribution < 1.29 is 9.53 Å². The van der Waals surface area contributed by atoms with Gasteiger partial charge in [-0.1, -0.05) is 27.7 Å². The smallest absolute Gasteiger partial charge is 0.237 e. The maximum Gasteiger partial charge on any atom is 0.237 e. The maximum absolute atomic E-state index is 12.3. The number of aromatic nitrogens is 3. The maximum atomic E-state index is 12.3. The highest BCUT2D eigenvalue weighted by molar-refractivity contribution is 9.10. The van der Waals surface area contributed by atoms with Gasteiger partial charge in [-0.25, -0.2) is 0 Å². The lowest BCUT2D eigenvalue weighted by atomic mass is 10.3. The fraction of sp³-hybridized carbons (Fsp3) is 0.400. The van der Waals surface area contributed by atoms with Gasteiger partial charge in [0.2, 0.25) is 5.91 Å². The Kier molecular flexibility index (Phi) is 7.07. The minimum atomic E-state index is -0.274. The zero-order chi connectivity index (χ0) is 16.7. The van der Waals surface area contributed by atoms with Gasteiger partial charge in [-0.05, 0) is 37.6 Å². The molecule has 124 valence electrons. The van der Waals surface area contributed by atoms with Crippen molar-refractivity contribution >= 4 is 39.3 Å². The number of benzene rings is 1. The van der Waals surface area contributed by atoms with Crippen LogP contribution in [-0.2, 0) is 16.1 Å². The molecule has 6 nitrogen and oxygen atoms in total. The number of thioether (sulfide) groups is 1. The second-order valence-corrected chi connectivity index (χ2v) is 7.13. The first-order valence-corrected chi connectivity index (χ1v) is 8.87. The quantitative estimate of drug-likeness (QED) is 0.546. The number of hydrogen-bond donors (Lipinski definition) is 1. The van der Waals surface area contributed by atoms with E-state index in [0.29, 0.717) is 6.61 Å². The van der Waals surface area contributed by atoms with Crippen LogP contribution >= 0.6 is 27.7 Å². The summed E-state index contributed by atoms with van der Waals surface area (Å²) in [6.07, 6.45) is 2.55. The molecule has 0 saturated heterocycles. The lowest BCUT2D eigenvalue weighted by molar-refractivity contribution is -0.115. The number of aryl methyl sites for hydroxylation is 1. The largest absolute Gasteiger partial charge is 0.385 e. The molecule has 8 heteroatoms. The fourth-order valence-corrected chi connectivity index (χ4v) is 2.97. The number of ether oxygens (including phenoxy) is 1. The molecule has 1 aromatic heterocycles. The van der Waals surface area contributed by atoms with E-state index >= 15 is 0 Å². The second-order valence-electron chi connectivity index (χ2n) is 4.91. The van der Waals surface area contributed by atoms with Gasteiger partial charge in [0, 0.05) is 30.4 Å².